The predicted molar refractivity (Wildman–Crippen MR) is 30.9 cm³/mol. The molecule has 1 unspecified atom stereocenters. The Hall–Kier alpha value is -0.120. The van der Waals surface area contributed by atoms with Crippen LogP contribution in [0.3, 0.4) is 0 Å². The fourth-order valence-corrected chi connectivity index (χ4v) is 0.621. The van der Waals surface area contributed by atoms with Crippen LogP contribution < -0.4 is 0 Å². The maximum Gasteiger partial charge on any atom is 0.338 e. The number of carboxylic acids is 1. The van der Waals surface area contributed by atoms with E-state index in [1.165, 1.54) is 0 Å². The number of halogens is 2. The van der Waals surface area contributed by atoms with Crippen LogP contribution in [0.5, 0.6) is 0 Å². The summed E-state index contributed by atoms with van der Waals surface area (Å²) in [7, 11) is 0. The van der Waals surface area contributed by atoms with Gasteiger partial charge in [0.1, 0.15) is 0 Å². The molecule has 0 bridgehead atoms. The summed E-state index contributed by atoms with van der Waals surface area (Å²) in [6, 6.07) is 0. The zero-order chi connectivity index (χ0) is 6.57. The SMILES string of the molecule is O=C(O)C(F)CCBr. The Labute approximate surface area is 54.8 Å². The molecule has 0 spiro atoms. The molecule has 0 radical (unpaired) electrons. The monoisotopic (exact) mass is 184 g/mol. The second-order valence-corrected chi connectivity index (χ2v) is 2.08. The maximum atomic E-state index is 11.9. The van der Waals surface area contributed by atoms with Crippen molar-refractivity contribution in [2.45, 2.75) is 12.6 Å². The molecule has 0 saturated heterocycles. The molecule has 0 aromatic carbocycles. The number of alkyl halides is 2. The average molecular weight is 185 g/mol. The van der Waals surface area contributed by atoms with E-state index in [1.54, 1.807) is 0 Å². The summed E-state index contributed by atoms with van der Waals surface area (Å²) in [4.78, 5) is 9.69. The van der Waals surface area contributed by atoms with Crippen molar-refractivity contribution in [3.63, 3.8) is 0 Å². The van der Waals surface area contributed by atoms with Gasteiger partial charge < -0.3 is 5.11 Å². The topological polar surface area (TPSA) is 37.3 Å². The number of aliphatic carboxylic acids is 1. The van der Waals surface area contributed by atoms with Crippen LogP contribution in [0.4, 0.5) is 4.39 Å². The average Bonchev–Trinajstić information content (AvgIpc) is 1.67. The van der Waals surface area contributed by atoms with Crippen LogP contribution in [0.1, 0.15) is 6.42 Å². The third-order valence-corrected chi connectivity index (χ3v) is 1.09. The zero-order valence-corrected chi connectivity index (χ0v) is 5.69. The molecule has 4 heteroatoms. The summed E-state index contributed by atoms with van der Waals surface area (Å²) in [6.07, 6.45) is -1.68. The van der Waals surface area contributed by atoms with E-state index in [9.17, 15) is 9.18 Å². The maximum absolute atomic E-state index is 11.9. The number of carboxylic acid groups (broad SMARTS) is 1. The smallest absolute Gasteiger partial charge is 0.338 e. The van der Waals surface area contributed by atoms with Crippen LogP contribution in [0, 0.1) is 0 Å². The lowest BCUT2D eigenvalue weighted by Crippen LogP contribution is -2.14. The fourth-order valence-electron chi connectivity index (χ4n) is 0.219. The third-order valence-electron chi connectivity index (χ3n) is 0.631. The van der Waals surface area contributed by atoms with E-state index in [2.05, 4.69) is 15.9 Å². The van der Waals surface area contributed by atoms with Crippen molar-refractivity contribution in [1.29, 1.82) is 0 Å². The lowest BCUT2D eigenvalue weighted by molar-refractivity contribution is -0.142. The third kappa shape index (κ3) is 2.96. The number of hydrogen-bond donors (Lipinski definition) is 1. The normalized spacial score (nSPS) is 13.2. The summed E-state index contributed by atoms with van der Waals surface area (Å²) < 4.78 is 11.9. The molecule has 0 heterocycles. The Balaban J connectivity index is 3.32. The van der Waals surface area contributed by atoms with Crippen molar-refractivity contribution in [2.24, 2.45) is 0 Å². The quantitative estimate of drug-likeness (QED) is 0.670. The Morgan fingerprint density at radius 2 is 2.38 bits per heavy atom. The Morgan fingerprint density at radius 3 is 2.50 bits per heavy atom. The fraction of sp³-hybridized carbons (Fsp3) is 0.750. The molecule has 0 aliphatic rings. The number of hydrogen-bond acceptors (Lipinski definition) is 1. The Morgan fingerprint density at radius 1 is 1.88 bits per heavy atom. The van der Waals surface area contributed by atoms with E-state index in [-0.39, 0.29) is 6.42 Å². The Kier molecular flexibility index (Phi) is 3.77. The molecule has 1 atom stereocenters. The lowest BCUT2D eigenvalue weighted by Gasteiger charge is -1.95. The van der Waals surface area contributed by atoms with Gasteiger partial charge in [-0.25, -0.2) is 9.18 Å². The van der Waals surface area contributed by atoms with Gasteiger partial charge >= 0.3 is 5.97 Å². The highest BCUT2D eigenvalue weighted by Crippen LogP contribution is 1.99. The molecular formula is C4H6BrFO2. The van der Waals surface area contributed by atoms with Crippen LogP contribution >= 0.6 is 15.9 Å². The molecule has 1 N–H and O–H groups in total. The van der Waals surface area contributed by atoms with Crippen molar-refractivity contribution >= 4 is 21.9 Å². The summed E-state index contributed by atoms with van der Waals surface area (Å²) in [5.41, 5.74) is 0. The van der Waals surface area contributed by atoms with Crippen molar-refractivity contribution in [3.8, 4) is 0 Å². The number of carbonyl (C=O) groups is 1. The van der Waals surface area contributed by atoms with E-state index in [0.717, 1.165) is 0 Å². The summed E-state index contributed by atoms with van der Waals surface area (Å²) in [5.74, 6) is -1.38. The zero-order valence-electron chi connectivity index (χ0n) is 4.10. The van der Waals surface area contributed by atoms with Gasteiger partial charge in [-0.1, -0.05) is 15.9 Å². The molecule has 0 amide bonds. The van der Waals surface area contributed by atoms with Crippen LogP contribution in [-0.4, -0.2) is 22.6 Å². The highest BCUT2D eigenvalue weighted by molar-refractivity contribution is 9.09. The van der Waals surface area contributed by atoms with Crippen molar-refractivity contribution in [2.75, 3.05) is 5.33 Å². The molecule has 48 valence electrons. The van der Waals surface area contributed by atoms with Crippen LogP contribution in [0.25, 0.3) is 0 Å². The highest BCUT2D eigenvalue weighted by Gasteiger charge is 2.12. The van der Waals surface area contributed by atoms with E-state index in [4.69, 9.17) is 5.11 Å². The predicted octanol–water partition coefficient (Wildman–Crippen LogP) is 1.19. The van der Waals surface area contributed by atoms with Gasteiger partial charge in [0.15, 0.2) is 6.17 Å². The highest BCUT2D eigenvalue weighted by atomic mass is 79.9. The van der Waals surface area contributed by atoms with Crippen LogP contribution in [0.15, 0.2) is 0 Å². The molecule has 0 aliphatic carbocycles. The van der Waals surface area contributed by atoms with Crippen molar-refractivity contribution in [1.82, 2.24) is 0 Å². The van der Waals surface area contributed by atoms with Crippen LogP contribution in [-0.2, 0) is 4.79 Å². The molecule has 2 nitrogen and oxygen atoms in total. The molecule has 0 saturated carbocycles. The van der Waals surface area contributed by atoms with Crippen LogP contribution in [0.2, 0.25) is 0 Å². The molecule has 8 heavy (non-hydrogen) atoms. The second kappa shape index (κ2) is 3.83. The Bertz CT molecular complexity index is 86.1. The molecule has 0 fully saturated rings. The summed E-state index contributed by atoms with van der Waals surface area (Å²) in [5, 5.41) is 8.31. The van der Waals surface area contributed by atoms with E-state index in [1.807, 2.05) is 0 Å². The minimum atomic E-state index is -1.71. The first-order valence-electron chi connectivity index (χ1n) is 2.11. The summed E-state index contributed by atoms with van der Waals surface area (Å²) in [6.45, 7) is 0. The molecule has 0 rings (SSSR count). The van der Waals surface area contributed by atoms with Gasteiger partial charge in [0.25, 0.3) is 0 Å². The first-order chi connectivity index (χ1) is 3.68. The first kappa shape index (κ1) is 7.88. The first-order valence-corrected chi connectivity index (χ1v) is 3.23. The van der Waals surface area contributed by atoms with Gasteiger partial charge in [-0.2, -0.15) is 0 Å². The van der Waals surface area contributed by atoms with Crippen molar-refractivity contribution in [3.05, 3.63) is 0 Å². The van der Waals surface area contributed by atoms with Gasteiger partial charge in [0.2, 0.25) is 0 Å². The summed E-state index contributed by atoms with van der Waals surface area (Å²) >= 11 is 2.91. The second-order valence-electron chi connectivity index (χ2n) is 1.28. The molecule has 0 aliphatic heterocycles. The minimum Gasteiger partial charge on any atom is -0.479 e. The van der Waals surface area contributed by atoms with E-state index < -0.39 is 12.1 Å². The van der Waals surface area contributed by atoms with Crippen molar-refractivity contribution < 1.29 is 14.3 Å². The largest absolute Gasteiger partial charge is 0.479 e. The molecule has 0 aromatic rings. The molecule has 0 aromatic heterocycles. The minimum absolute atomic E-state index is 0.0370. The molecular weight excluding hydrogens is 179 g/mol. The van der Waals surface area contributed by atoms with Gasteiger partial charge in [0, 0.05) is 5.33 Å². The van der Waals surface area contributed by atoms with Gasteiger partial charge in [-0.15, -0.1) is 0 Å². The van der Waals surface area contributed by atoms with Gasteiger partial charge in [-0.3, -0.25) is 0 Å². The standard InChI is InChI=1S/C4H6BrFO2/c5-2-1-3(6)4(7)8/h3H,1-2H2,(H,7,8). The van der Waals surface area contributed by atoms with Gasteiger partial charge in [0.05, 0.1) is 0 Å². The van der Waals surface area contributed by atoms with E-state index >= 15 is 0 Å². The number of rotatable bonds is 3. The van der Waals surface area contributed by atoms with Gasteiger partial charge in [-0.05, 0) is 6.42 Å². The van der Waals surface area contributed by atoms with E-state index in [0.29, 0.717) is 5.33 Å². The lowest BCUT2D eigenvalue weighted by atomic mass is 10.3.